The van der Waals surface area contributed by atoms with Crippen LogP contribution in [0, 0.1) is 0 Å². The van der Waals surface area contributed by atoms with Gasteiger partial charge in [-0.1, -0.05) is 19.4 Å². The number of carbonyl (C=O) groups is 1. The third-order valence-corrected chi connectivity index (χ3v) is 4.37. The van der Waals surface area contributed by atoms with Crippen LogP contribution in [0.3, 0.4) is 0 Å². The van der Waals surface area contributed by atoms with E-state index in [9.17, 15) is 4.79 Å². The zero-order valence-corrected chi connectivity index (χ0v) is 11.8. The van der Waals surface area contributed by atoms with Gasteiger partial charge in [-0.25, -0.2) is 0 Å². The van der Waals surface area contributed by atoms with Crippen LogP contribution in [0.1, 0.15) is 49.9 Å². The molecule has 2 rings (SSSR count). The molecule has 1 aromatic rings. The van der Waals surface area contributed by atoms with Crippen LogP contribution < -0.4 is 10.6 Å². The molecule has 2 N–H and O–H groups in total. The maximum absolute atomic E-state index is 11.6. The molecule has 2 atom stereocenters. The number of nitrogens with one attached hydrogen (secondary N) is 2. The van der Waals surface area contributed by atoms with Crippen molar-refractivity contribution in [2.75, 3.05) is 6.54 Å². The molecular weight excluding hydrogens is 244 g/mol. The van der Waals surface area contributed by atoms with Crippen LogP contribution in [0.5, 0.6) is 0 Å². The predicted molar refractivity (Wildman–Crippen MR) is 75.8 cm³/mol. The Balaban J connectivity index is 1.97. The van der Waals surface area contributed by atoms with Gasteiger partial charge < -0.3 is 10.6 Å². The van der Waals surface area contributed by atoms with E-state index in [1.54, 1.807) is 11.3 Å². The predicted octanol–water partition coefficient (Wildman–Crippen LogP) is 2.85. The number of thiophene rings is 1. The molecule has 1 aliphatic heterocycles. The summed E-state index contributed by atoms with van der Waals surface area (Å²) >= 11 is 1.80. The van der Waals surface area contributed by atoms with Gasteiger partial charge in [0.25, 0.3) is 0 Å². The summed E-state index contributed by atoms with van der Waals surface area (Å²) in [6, 6.07) is 5.02. The molecule has 2 unspecified atom stereocenters. The maximum atomic E-state index is 11.6. The Kier molecular flexibility index (Phi) is 5.20. The first-order chi connectivity index (χ1) is 8.79. The highest BCUT2D eigenvalue weighted by Crippen LogP contribution is 2.25. The summed E-state index contributed by atoms with van der Waals surface area (Å²) in [5, 5.41) is 8.74. The lowest BCUT2D eigenvalue weighted by Gasteiger charge is -2.23. The van der Waals surface area contributed by atoms with Crippen molar-refractivity contribution < 1.29 is 4.79 Å². The highest BCUT2D eigenvalue weighted by molar-refractivity contribution is 7.10. The minimum atomic E-state index is 0.187. The fourth-order valence-electron chi connectivity index (χ4n) is 2.49. The van der Waals surface area contributed by atoms with E-state index in [0.717, 1.165) is 32.2 Å². The SMILES string of the molecule is CCCC(NC1CCCNC(=O)C1)c1cccs1. The van der Waals surface area contributed by atoms with Crippen LogP contribution in [0.25, 0.3) is 0 Å². The van der Waals surface area contributed by atoms with Gasteiger partial charge in [0, 0.05) is 29.9 Å². The second kappa shape index (κ2) is 6.90. The smallest absolute Gasteiger partial charge is 0.221 e. The minimum Gasteiger partial charge on any atom is -0.356 e. The average molecular weight is 266 g/mol. The quantitative estimate of drug-likeness (QED) is 0.860. The van der Waals surface area contributed by atoms with Gasteiger partial charge in [0.15, 0.2) is 0 Å². The van der Waals surface area contributed by atoms with E-state index in [1.807, 2.05) is 0 Å². The Hall–Kier alpha value is -0.870. The Morgan fingerprint density at radius 1 is 1.61 bits per heavy atom. The van der Waals surface area contributed by atoms with Gasteiger partial charge in [0.1, 0.15) is 0 Å². The van der Waals surface area contributed by atoms with Crippen molar-refractivity contribution in [1.29, 1.82) is 0 Å². The van der Waals surface area contributed by atoms with Crippen molar-refractivity contribution in [3.05, 3.63) is 22.4 Å². The van der Waals surface area contributed by atoms with Crippen LogP contribution in [-0.2, 0) is 4.79 Å². The minimum absolute atomic E-state index is 0.187. The molecule has 1 aromatic heterocycles. The molecule has 18 heavy (non-hydrogen) atoms. The van der Waals surface area contributed by atoms with Gasteiger partial charge in [0.2, 0.25) is 5.91 Å². The van der Waals surface area contributed by atoms with Crippen LogP contribution in [0.4, 0.5) is 0 Å². The Labute approximate surface area is 113 Å². The highest BCUT2D eigenvalue weighted by atomic mass is 32.1. The topological polar surface area (TPSA) is 41.1 Å². The molecule has 0 radical (unpaired) electrons. The molecule has 100 valence electrons. The molecule has 3 nitrogen and oxygen atoms in total. The number of hydrogen-bond donors (Lipinski definition) is 2. The van der Waals surface area contributed by atoms with Crippen molar-refractivity contribution in [3.63, 3.8) is 0 Å². The molecule has 1 aliphatic rings. The van der Waals surface area contributed by atoms with Crippen molar-refractivity contribution in [3.8, 4) is 0 Å². The van der Waals surface area contributed by atoms with Crippen LogP contribution in [0.2, 0.25) is 0 Å². The van der Waals surface area contributed by atoms with Crippen LogP contribution in [-0.4, -0.2) is 18.5 Å². The first-order valence-corrected chi connectivity index (χ1v) is 7.73. The summed E-state index contributed by atoms with van der Waals surface area (Å²) in [6.45, 7) is 3.04. The second-order valence-electron chi connectivity index (χ2n) is 4.92. The summed E-state index contributed by atoms with van der Waals surface area (Å²) < 4.78 is 0. The van der Waals surface area contributed by atoms with Crippen molar-refractivity contribution in [2.24, 2.45) is 0 Å². The summed E-state index contributed by atoms with van der Waals surface area (Å²) in [5.41, 5.74) is 0. The number of rotatable bonds is 5. The lowest BCUT2D eigenvalue weighted by molar-refractivity contribution is -0.121. The molecule has 0 saturated carbocycles. The molecule has 4 heteroatoms. The molecule has 0 spiro atoms. The van der Waals surface area contributed by atoms with Gasteiger partial charge in [-0.3, -0.25) is 4.79 Å². The van der Waals surface area contributed by atoms with E-state index in [1.165, 1.54) is 4.88 Å². The van der Waals surface area contributed by atoms with E-state index in [0.29, 0.717) is 18.5 Å². The lowest BCUT2D eigenvalue weighted by Crippen LogP contribution is -2.35. The van der Waals surface area contributed by atoms with Crippen LogP contribution >= 0.6 is 11.3 Å². The zero-order chi connectivity index (χ0) is 12.8. The first kappa shape index (κ1) is 13.6. The van der Waals surface area contributed by atoms with E-state index in [-0.39, 0.29) is 5.91 Å². The van der Waals surface area contributed by atoms with Crippen molar-refractivity contribution >= 4 is 17.2 Å². The monoisotopic (exact) mass is 266 g/mol. The summed E-state index contributed by atoms with van der Waals surface area (Å²) in [5.74, 6) is 0.187. The van der Waals surface area contributed by atoms with Crippen LogP contribution in [0.15, 0.2) is 17.5 Å². The Bertz CT molecular complexity index is 364. The number of amides is 1. The Morgan fingerprint density at radius 2 is 2.50 bits per heavy atom. The molecule has 0 bridgehead atoms. The lowest BCUT2D eigenvalue weighted by atomic mass is 10.0. The molecule has 2 heterocycles. The molecule has 1 saturated heterocycles. The van der Waals surface area contributed by atoms with E-state index in [4.69, 9.17) is 0 Å². The molecule has 0 aliphatic carbocycles. The third kappa shape index (κ3) is 3.82. The van der Waals surface area contributed by atoms with Crippen molar-refractivity contribution in [1.82, 2.24) is 10.6 Å². The fraction of sp³-hybridized carbons (Fsp3) is 0.643. The van der Waals surface area contributed by atoms with E-state index in [2.05, 4.69) is 35.1 Å². The molecule has 1 amide bonds. The molecule has 0 aromatic carbocycles. The standard InChI is InChI=1S/C14H22N2OS/c1-2-5-12(13-7-4-9-18-13)16-11-6-3-8-15-14(17)10-11/h4,7,9,11-12,16H,2-3,5-6,8,10H2,1H3,(H,15,17). The summed E-state index contributed by atoms with van der Waals surface area (Å²) in [4.78, 5) is 13.0. The highest BCUT2D eigenvalue weighted by Gasteiger charge is 2.21. The van der Waals surface area contributed by atoms with Gasteiger partial charge in [-0.15, -0.1) is 11.3 Å². The van der Waals surface area contributed by atoms with Gasteiger partial charge in [-0.05, 0) is 30.7 Å². The molecular formula is C14H22N2OS. The number of hydrogen-bond acceptors (Lipinski definition) is 3. The summed E-state index contributed by atoms with van der Waals surface area (Å²) in [6.07, 6.45) is 5.08. The zero-order valence-electron chi connectivity index (χ0n) is 10.9. The summed E-state index contributed by atoms with van der Waals surface area (Å²) in [7, 11) is 0. The van der Waals surface area contributed by atoms with E-state index >= 15 is 0 Å². The largest absolute Gasteiger partial charge is 0.356 e. The second-order valence-corrected chi connectivity index (χ2v) is 5.90. The normalized spacial score (nSPS) is 22.3. The average Bonchev–Trinajstić information content (AvgIpc) is 2.80. The van der Waals surface area contributed by atoms with Gasteiger partial charge in [0.05, 0.1) is 0 Å². The van der Waals surface area contributed by atoms with Gasteiger partial charge >= 0.3 is 0 Å². The van der Waals surface area contributed by atoms with E-state index < -0.39 is 0 Å². The van der Waals surface area contributed by atoms with Crippen molar-refractivity contribution in [2.45, 2.75) is 51.1 Å². The third-order valence-electron chi connectivity index (χ3n) is 3.38. The Morgan fingerprint density at radius 3 is 3.22 bits per heavy atom. The fourth-order valence-corrected chi connectivity index (χ4v) is 3.31. The first-order valence-electron chi connectivity index (χ1n) is 6.85. The molecule has 1 fully saturated rings. The maximum Gasteiger partial charge on any atom is 0.221 e. The number of carbonyl (C=O) groups excluding carboxylic acids is 1. The van der Waals surface area contributed by atoms with Gasteiger partial charge in [-0.2, -0.15) is 0 Å².